The maximum Gasteiger partial charge on any atom is 0.573 e. The molecule has 0 heterocycles. The Labute approximate surface area is 114 Å². The number of benzene rings is 1. The second kappa shape index (κ2) is 5.09. The summed E-state index contributed by atoms with van der Waals surface area (Å²) in [6.45, 7) is 1.72. The molecule has 0 aromatic heterocycles. The zero-order valence-corrected chi connectivity index (χ0v) is 11.0. The van der Waals surface area contributed by atoms with Gasteiger partial charge in [0.25, 0.3) is 0 Å². The highest BCUT2D eigenvalue weighted by Crippen LogP contribution is 2.39. The van der Waals surface area contributed by atoms with Crippen molar-refractivity contribution in [3.05, 3.63) is 29.8 Å². The zero-order valence-electron chi connectivity index (χ0n) is 11.0. The first-order valence-electron chi connectivity index (χ1n) is 6.35. The van der Waals surface area contributed by atoms with Gasteiger partial charge >= 0.3 is 6.36 Å². The Morgan fingerprint density at radius 1 is 1.30 bits per heavy atom. The molecule has 0 amide bonds. The quantitative estimate of drug-likeness (QED) is 0.906. The summed E-state index contributed by atoms with van der Waals surface area (Å²) in [5, 5.41) is 0. The normalized spacial score (nSPS) is 18.4. The number of alkyl halides is 3. The number of carbonyl (C=O) groups excluding carboxylic acids is 1. The molecule has 1 saturated carbocycles. The molecule has 2 rings (SSSR count). The largest absolute Gasteiger partial charge is 0.573 e. The molecule has 1 unspecified atom stereocenters. The van der Waals surface area contributed by atoms with E-state index in [0.717, 1.165) is 12.8 Å². The van der Waals surface area contributed by atoms with E-state index in [1.807, 2.05) is 0 Å². The molecule has 0 aliphatic heterocycles. The SMILES string of the molecule is CC(N)(C(=O)Cc1ccc(OC(F)(F)F)cc1)C1CC1. The van der Waals surface area contributed by atoms with Gasteiger partial charge in [0.15, 0.2) is 5.78 Å². The van der Waals surface area contributed by atoms with Gasteiger partial charge in [-0.1, -0.05) is 12.1 Å². The summed E-state index contributed by atoms with van der Waals surface area (Å²) in [5.74, 6) is -0.168. The Hall–Kier alpha value is -1.56. The lowest BCUT2D eigenvalue weighted by Crippen LogP contribution is -2.47. The number of carbonyl (C=O) groups is 1. The van der Waals surface area contributed by atoms with Gasteiger partial charge in [0.05, 0.1) is 5.54 Å². The Balaban J connectivity index is 1.98. The molecule has 110 valence electrons. The standard InChI is InChI=1S/C14H16F3NO2/c1-13(18,10-4-5-10)12(19)8-9-2-6-11(7-3-9)20-14(15,16)17/h2-3,6-7,10H,4-5,8,18H2,1H3. The zero-order chi connectivity index (χ0) is 15.0. The molecule has 1 aliphatic rings. The molecule has 1 aromatic rings. The fraction of sp³-hybridized carbons (Fsp3) is 0.500. The van der Waals surface area contributed by atoms with Gasteiger partial charge in [-0.15, -0.1) is 13.2 Å². The molecular formula is C14H16F3NO2. The van der Waals surface area contributed by atoms with Crippen LogP contribution in [-0.4, -0.2) is 17.7 Å². The van der Waals surface area contributed by atoms with Crippen LogP contribution >= 0.6 is 0 Å². The smallest absolute Gasteiger partial charge is 0.406 e. The number of ketones is 1. The van der Waals surface area contributed by atoms with E-state index in [-0.39, 0.29) is 23.9 Å². The molecule has 0 saturated heterocycles. The topological polar surface area (TPSA) is 52.3 Å². The molecule has 1 atom stereocenters. The molecule has 1 aliphatic carbocycles. The van der Waals surface area contributed by atoms with Gasteiger partial charge in [0.2, 0.25) is 0 Å². The van der Waals surface area contributed by atoms with Crippen molar-refractivity contribution in [3.63, 3.8) is 0 Å². The molecule has 6 heteroatoms. The van der Waals surface area contributed by atoms with Crippen molar-refractivity contribution in [2.75, 3.05) is 0 Å². The third-order valence-electron chi connectivity index (χ3n) is 3.55. The molecule has 3 nitrogen and oxygen atoms in total. The molecular weight excluding hydrogens is 271 g/mol. The first-order chi connectivity index (χ1) is 9.18. The molecule has 2 N–H and O–H groups in total. The van der Waals surface area contributed by atoms with Crippen LogP contribution in [0.1, 0.15) is 25.3 Å². The van der Waals surface area contributed by atoms with Crippen molar-refractivity contribution in [1.82, 2.24) is 0 Å². The van der Waals surface area contributed by atoms with Crippen LogP contribution in [0.4, 0.5) is 13.2 Å². The van der Waals surface area contributed by atoms with E-state index in [1.54, 1.807) is 6.92 Å². The molecule has 1 fully saturated rings. The van der Waals surface area contributed by atoms with Gasteiger partial charge in [-0.3, -0.25) is 4.79 Å². The highest BCUT2D eigenvalue weighted by molar-refractivity contribution is 5.90. The molecule has 0 spiro atoms. The van der Waals surface area contributed by atoms with Crippen LogP contribution in [0.25, 0.3) is 0 Å². The fourth-order valence-electron chi connectivity index (χ4n) is 2.10. The van der Waals surface area contributed by atoms with Crippen LogP contribution in [0.5, 0.6) is 5.75 Å². The Bertz CT molecular complexity index is 490. The summed E-state index contributed by atoms with van der Waals surface area (Å²) in [6, 6.07) is 5.28. The van der Waals surface area contributed by atoms with Crippen LogP contribution in [0.3, 0.4) is 0 Å². The van der Waals surface area contributed by atoms with Gasteiger partial charge in [-0.2, -0.15) is 0 Å². The average molecular weight is 287 g/mol. The van der Waals surface area contributed by atoms with E-state index in [0.29, 0.717) is 5.56 Å². The number of hydrogen-bond donors (Lipinski definition) is 1. The molecule has 20 heavy (non-hydrogen) atoms. The van der Waals surface area contributed by atoms with Crippen molar-refractivity contribution in [3.8, 4) is 5.75 Å². The first-order valence-corrected chi connectivity index (χ1v) is 6.35. The van der Waals surface area contributed by atoms with Crippen molar-refractivity contribution >= 4 is 5.78 Å². The third-order valence-corrected chi connectivity index (χ3v) is 3.55. The lowest BCUT2D eigenvalue weighted by atomic mass is 9.88. The summed E-state index contributed by atoms with van der Waals surface area (Å²) < 4.78 is 39.8. The van der Waals surface area contributed by atoms with Gasteiger partial charge in [-0.05, 0) is 43.4 Å². The van der Waals surface area contributed by atoms with E-state index < -0.39 is 11.9 Å². The third kappa shape index (κ3) is 3.72. The number of Topliss-reactive ketones (excluding diaryl/α,β-unsaturated/α-hetero) is 1. The fourth-order valence-corrected chi connectivity index (χ4v) is 2.10. The van der Waals surface area contributed by atoms with Crippen molar-refractivity contribution in [2.24, 2.45) is 11.7 Å². The van der Waals surface area contributed by atoms with Crippen LogP contribution in [0, 0.1) is 5.92 Å². The van der Waals surface area contributed by atoms with E-state index in [1.165, 1.54) is 24.3 Å². The Morgan fingerprint density at radius 3 is 2.30 bits per heavy atom. The Morgan fingerprint density at radius 2 is 1.85 bits per heavy atom. The lowest BCUT2D eigenvalue weighted by molar-refractivity contribution is -0.274. The first kappa shape index (κ1) is 14.8. The average Bonchev–Trinajstić information content (AvgIpc) is 3.13. The minimum Gasteiger partial charge on any atom is -0.406 e. The van der Waals surface area contributed by atoms with Crippen LogP contribution in [-0.2, 0) is 11.2 Å². The summed E-state index contributed by atoms with van der Waals surface area (Å²) in [7, 11) is 0. The number of rotatable bonds is 5. The van der Waals surface area contributed by atoms with Crippen molar-refractivity contribution in [2.45, 2.75) is 38.1 Å². The minimum absolute atomic E-state index is 0.0931. The second-order valence-electron chi connectivity index (χ2n) is 5.35. The monoisotopic (exact) mass is 287 g/mol. The number of nitrogens with two attached hydrogens (primary N) is 1. The molecule has 1 aromatic carbocycles. The van der Waals surface area contributed by atoms with Crippen molar-refractivity contribution < 1.29 is 22.7 Å². The lowest BCUT2D eigenvalue weighted by Gasteiger charge is -2.22. The summed E-state index contributed by atoms with van der Waals surface area (Å²) in [4.78, 5) is 12.1. The Kier molecular flexibility index (Phi) is 3.77. The van der Waals surface area contributed by atoms with E-state index in [4.69, 9.17) is 5.73 Å². The van der Waals surface area contributed by atoms with Crippen LogP contribution < -0.4 is 10.5 Å². The number of halogens is 3. The highest BCUT2D eigenvalue weighted by Gasteiger charge is 2.43. The van der Waals surface area contributed by atoms with Gasteiger partial charge in [0, 0.05) is 6.42 Å². The molecule has 0 bridgehead atoms. The van der Waals surface area contributed by atoms with Gasteiger partial charge in [0.1, 0.15) is 5.75 Å². The van der Waals surface area contributed by atoms with Crippen LogP contribution in [0.2, 0.25) is 0 Å². The second-order valence-corrected chi connectivity index (χ2v) is 5.35. The van der Waals surface area contributed by atoms with Gasteiger partial charge < -0.3 is 10.5 Å². The van der Waals surface area contributed by atoms with Crippen LogP contribution in [0.15, 0.2) is 24.3 Å². The molecule has 0 radical (unpaired) electrons. The summed E-state index contributed by atoms with van der Waals surface area (Å²) in [6.07, 6.45) is -2.68. The van der Waals surface area contributed by atoms with E-state index in [2.05, 4.69) is 4.74 Å². The predicted octanol–water partition coefficient (Wildman–Crippen LogP) is 2.82. The number of ether oxygens (including phenoxy) is 1. The maximum absolute atomic E-state index is 12.1. The maximum atomic E-state index is 12.1. The van der Waals surface area contributed by atoms with Crippen molar-refractivity contribution in [1.29, 1.82) is 0 Å². The minimum atomic E-state index is -4.71. The van der Waals surface area contributed by atoms with Gasteiger partial charge in [-0.25, -0.2) is 0 Å². The number of hydrogen-bond acceptors (Lipinski definition) is 3. The predicted molar refractivity (Wildman–Crippen MR) is 67.2 cm³/mol. The summed E-state index contributed by atoms with van der Waals surface area (Å²) in [5.41, 5.74) is 5.78. The summed E-state index contributed by atoms with van der Waals surface area (Å²) >= 11 is 0. The van der Waals surface area contributed by atoms with E-state index in [9.17, 15) is 18.0 Å². The highest BCUT2D eigenvalue weighted by atomic mass is 19.4. The van der Waals surface area contributed by atoms with E-state index >= 15 is 0 Å².